The smallest absolute Gasteiger partial charge is 0.251 e. The van der Waals surface area contributed by atoms with Crippen LogP contribution < -0.4 is 5.32 Å². The second kappa shape index (κ2) is 8.91. The highest BCUT2D eigenvalue weighted by molar-refractivity contribution is 5.94. The van der Waals surface area contributed by atoms with Crippen LogP contribution in [-0.2, 0) is 11.3 Å². The second-order valence-corrected chi connectivity index (χ2v) is 6.12. The number of ether oxygens (including phenoxy) is 1. The highest BCUT2D eigenvalue weighted by Gasteiger charge is 2.25. The summed E-state index contributed by atoms with van der Waals surface area (Å²) < 4.78 is 5.08. The van der Waals surface area contributed by atoms with E-state index < -0.39 is 0 Å². The lowest BCUT2D eigenvalue weighted by atomic mass is 9.82. The van der Waals surface area contributed by atoms with Crippen molar-refractivity contribution in [2.75, 3.05) is 13.7 Å². The minimum absolute atomic E-state index is 0.0482. The molecule has 1 aliphatic carbocycles. The molecular formula is C18H27NO3. The quantitative estimate of drug-likeness (QED) is 0.814. The summed E-state index contributed by atoms with van der Waals surface area (Å²) in [4.78, 5) is 12.4. The van der Waals surface area contributed by atoms with Gasteiger partial charge in [0.05, 0.1) is 6.61 Å². The first-order valence-corrected chi connectivity index (χ1v) is 8.24. The molecule has 1 fully saturated rings. The topological polar surface area (TPSA) is 58.6 Å². The van der Waals surface area contributed by atoms with Crippen molar-refractivity contribution in [3.05, 3.63) is 35.4 Å². The van der Waals surface area contributed by atoms with Gasteiger partial charge in [-0.05, 0) is 42.9 Å². The molecule has 2 rings (SSSR count). The Morgan fingerprint density at radius 2 is 1.95 bits per heavy atom. The van der Waals surface area contributed by atoms with Crippen molar-refractivity contribution in [1.82, 2.24) is 5.32 Å². The summed E-state index contributed by atoms with van der Waals surface area (Å²) in [5.74, 6) is 0.450. The van der Waals surface area contributed by atoms with Crippen molar-refractivity contribution in [2.45, 2.75) is 51.2 Å². The molecule has 4 nitrogen and oxygen atoms in total. The number of carbonyl (C=O) groups excluding carboxylic acids is 1. The fourth-order valence-electron chi connectivity index (χ4n) is 3.27. The molecule has 0 spiro atoms. The number of carbonyl (C=O) groups is 1. The van der Waals surface area contributed by atoms with Gasteiger partial charge >= 0.3 is 0 Å². The summed E-state index contributed by atoms with van der Waals surface area (Å²) in [7, 11) is 1.66. The Hall–Kier alpha value is -1.39. The van der Waals surface area contributed by atoms with Crippen LogP contribution in [0, 0.1) is 5.92 Å². The third-order valence-corrected chi connectivity index (χ3v) is 4.50. The average molecular weight is 305 g/mol. The van der Waals surface area contributed by atoms with Gasteiger partial charge in [0.2, 0.25) is 0 Å². The summed E-state index contributed by atoms with van der Waals surface area (Å²) in [6.07, 6.45) is 6.69. The molecule has 0 aromatic heterocycles. The molecule has 0 saturated heterocycles. The van der Waals surface area contributed by atoms with E-state index in [2.05, 4.69) is 5.32 Å². The summed E-state index contributed by atoms with van der Waals surface area (Å²) >= 11 is 0. The maximum absolute atomic E-state index is 12.4. The molecule has 4 heteroatoms. The first kappa shape index (κ1) is 17.0. The lowest BCUT2D eigenvalue weighted by Crippen LogP contribution is -2.41. The van der Waals surface area contributed by atoms with Gasteiger partial charge in [-0.1, -0.05) is 31.4 Å². The zero-order valence-electron chi connectivity index (χ0n) is 13.4. The van der Waals surface area contributed by atoms with Gasteiger partial charge in [0.1, 0.15) is 0 Å². The Labute approximate surface area is 132 Å². The lowest BCUT2D eigenvalue weighted by molar-refractivity contribution is 0.0899. The summed E-state index contributed by atoms with van der Waals surface area (Å²) in [5, 5.41) is 12.4. The number of rotatable bonds is 7. The van der Waals surface area contributed by atoms with Crippen LogP contribution in [0.2, 0.25) is 0 Å². The van der Waals surface area contributed by atoms with Crippen LogP contribution in [-0.4, -0.2) is 30.8 Å². The van der Waals surface area contributed by atoms with Crippen molar-refractivity contribution >= 4 is 5.91 Å². The number of nitrogens with one attached hydrogen (secondary N) is 1. The molecule has 0 radical (unpaired) electrons. The van der Waals surface area contributed by atoms with E-state index in [1.165, 1.54) is 19.3 Å². The molecule has 0 aliphatic heterocycles. The molecule has 1 unspecified atom stereocenters. The SMILES string of the molecule is COCc1ccc(C(=O)NC(CCO)C2CCCCC2)cc1. The first-order valence-electron chi connectivity index (χ1n) is 8.24. The van der Waals surface area contributed by atoms with Gasteiger partial charge in [-0.15, -0.1) is 0 Å². The normalized spacial score (nSPS) is 17.2. The van der Waals surface area contributed by atoms with Crippen LogP contribution in [0.5, 0.6) is 0 Å². The fourth-order valence-corrected chi connectivity index (χ4v) is 3.27. The van der Waals surface area contributed by atoms with Crippen LogP contribution >= 0.6 is 0 Å². The van der Waals surface area contributed by atoms with E-state index in [0.717, 1.165) is 18.4 Å². The fraction of sp³-hybridized carbons (Fsp3) is 0.611. The molecule has 1 atom stereocenters. The van der Waals surface area contributed by atoms with E-state index in [1.54, 1.807) is 7.11 Å². The average Bonchev–Trinajstić information content (AvgIpc) is 2.56. The van der Waals surface area contributed by atoms with Gasteiger partial charge < -0.3 is 15.2 Å². The highest BCUT2D eigenvalue weighted by atomic mass is 16.5. The maximum atomic E-state index is 12.4. The van der Waals surface area contributed by atoms with Gasteiger partial charge in [0.25, 0.3) is 5.91 Å². The van der Waals surface area contributed by atoms with E-state index in [1.807, 2.05) is 24.3 Å². The van der Waals surface area contributed by atoms with E-state index >= 15 is 0 Å². The summed E-state index contributed by atoms with van der Waals surface area (Å²) in [6.45, 7) is 0.672. The monoisotopic (exact) mass is 305 g/mol. The summed E-state index contributed by atoms with van der Waals surface area (Å²) in [5.41, 5.74) is 1.72. The molecule has 22 heavy (non-hydrogen) atoms. The highest BCUT2D eigenvalue weighted by Crippen LogP contribution is 2.27. The van der Waals surface area contributed by atoms with Gasteiger partial charge in [0, 0.05) is 25.3 Å². The van der Waals surface area contributed by atoms with E-state index in [0.29, 0.717) is 24.5 Å². The molecule has 0 bridgehead atoms. The van der Waals surface area contributed by atoms with Crippen LogP contribution in [0.15, 0.2) is 24.3 Å². The first-order chi connectivity index (χ1) is 10.7. The predicted octanol–water partition coefficient (Wildman–Crippen LogP) is 2.89. The molecule has 0 heterocycles. The van der Waals surface area contributed by atoms with Gasteiger partial charge in [0.15, 0.2) is 0 Å². The Bertz CT molecular complexity index is 452. The van der Waals surface area contributed by atoms with Crippen LogP contribution in [0.25, 0.3) is 0 Å². The van der Waals surface area contributed by atoms with E-state index in [-0.39, 0.29) is 18.6 Å². The largest absolute Gasteiger partial charge is 0.396 e. The third kappa shape index (κ3) is 4.82. The van der Waals surface area contributed by atoms with Crippen molar-refractivity contribution in [3.63, 3.8) is 0 Å². The van der Waals surface area contributed by atoms with Crippen molar-refractivity contribution in [3.8, 4) is 0 Å². The van der Waals surface area contributed by atoms with E-state index in [4.69, 9.17) is 4.74 Å². The minimum atomic E-state index is -0.0482. The Balaban J connectivity index is 1.97. The molecular weight excluding hydrogens is 278 g/mol. The lowest BCUT2D eigenvalue weighted by Gasteiger charge is -2.30. The van der Waals surface area contributed by atoms with Gasteiger partial charge in [-0.3, -0.25) is 4.79 Å². The molecule has 1 aliphatic rings. The van der Waals surface area contributed by atoms with Crippen LogP contribution in [0.3, 0.4) is 0 Å². The number of benzene rings is 1. The zero-order valence-corrected chi connectivity index (χ0v) is 13.4. The Kier molecular flexibility index (Phi) is 6.87. The molecule has 1 aromatic carbocycles. The Morgan fingerprint density at radius 1 is 1.27 bits per heavy atom. The van der Waals surface area contributed by atoms with E-state index in [9.17, 15) is 9.90 Å². The number of amides is 1. The molecule has 1 saturated carbocycles. The van der Waals surface area contributed by atoms with Crippen molar-refractivity contribution in [2.24, 2.45) is 5.92 Å². The number of aliphatic hydroxyl groups excluding tert-OH is 1. The number of methoxy groups -OCH3 is 1. The van der Waals surface area contributed by atoms with Crippen molar-refractivity contribution in [1.29, 1.82) is 0 Å². The van der Waals surface area contributed by atoms with Gasteiger partial charge in [-0.2, -0.15) is 0 Å². The molecule has 2 N–H and O–H groups in total. The van der Waals surface area contributed by atoms with Crippen molar-refractivity contribution < 1.29 is 14.6 Å². The van der Waals surface area contributed by atoms with Gasteiger partial charge in [-0.25, -0.2) is 0 Å². The van der Waals surface area contributed by atoms with Crippen LogP contribution in [0.4, 0.5) is 0 Å². The third-order valence-electron chi connectivity index (χ3n) is 4.50. The number of aliphatic hydroxyl groups is 1. The predicted molar refractivity (Wildman–Crippen MR) is 86.7 cm³/mol. The zero-order chi connectivity index (χ0) is 15.8. The number of hydrogen-bond acceptors (Lipinski definition) is 3. The molecule has 122 valence electrons. The summed E-state index contributed by atoms with van der Waals surface area (Å²) in [6, 6.07) is 7.58. The molecule has 1 amide bonds. The standard InChI is InChI=1S/C18H27NO3/c1-22-13-14-7-9-16(10-8-14)18(21)19-17(11-12-20)15-5-3-2-4-6-15/h7-10,15,17,20H,2-6,11-13H2,1H3,(H,19,21). The second-order valence-electron chi connectivity index (χ2n) is 6.12. The Morgan fingerprint density at radius 3 is 2.55 bits per heavy atom. The minimum Gasteiger partial charge on any atom is -0.396 e. The molecule has 1 aromatic rings. The number of hydrogen-bond donors (Lipinski definition) is 2. The maximum Gasteiger partial charge on any atom is 0.251 e. The van der Waals surface area contributed by atoms with Crippen LogP contribution in [0.1, 0.15) is 54.4 Å².